The number of hydrogen-bond acceptors (Lipinski definition) is 2. The molecule has 0 spiro atoms. The Morgan fingerprint density at radius 3 is 2.58 bits per heavy atom. The average Bonchev–Trinajstić information content (AvgIpc) is 2.59. The van der Waals surface area contributed by atoms with Crippen LogP contribution < -0.4 is 10.2 Å². The molecule has 1 heterocycles. The van der Waals surface area contributed by atoms with Crippen LogP contribution in [-0.2, 0) is 6.54 Å². The lowest BCUT2D eigenvalue weighted by Gasteiger charge is -2.40. The maximum absolute atomic E-state index is 3.55. The average molecular weight is 258 g/mol. The SMILES string of the molecule is CC1CC(C)CC(N2CCNCc3ccccc32)C1. The van der Waals surface area contributed by atoms with Crippen molar-refractivity contribution in [2.45, 2.75) is 45.7 Å². The quantitative estimate of drug-likeness (QED) is 0.830. The molecule has 2 aliphatic rings. The molecule has 0 saturated heterocycles. The molecular weight excluding hydrogens is 232 g/mol. The van der Waals surface area contributed by atoms with E-state index in [1.54, 1.807) is 0 Å². The van der Waals surface area contributed by atoms with Crippen molar-refractivity contribution in [3.8, 4) is 0 Å². The van der Waals surface area contributed by atoms with Gasteiger partial charge in [-0.25, -0.2) is 0 Å². The van der Waals surface area contributed by atoms with Crippen LogP contribution in [0.5, 0.6) is 0 Å². The Kier molecular flexibility index (Phi) is 3.79. The molecular formula is C17H26N2. The molecule has 2 nitrogen and oxygen atoms in total. The Hall–Kier alpha value is -1.02. The summed E-state index contributed by atoms with van der Waals surface area (Å²) in [5.74, 6) is 1.74. The van der Waals surface area contributed by atoms with Crippen LogP contribution in [0, 0.1) is 11.8 Å². The zero-order valence-corrected chi connectivity index (χ0v) is 12.2. The van der Waals surface area contributed by atoms with Crippen LogP contribution in [0.2, 0.25) is 0 Å². The van der Waals surface area contributed by atoms with Gasteiger partial charge in [0.25, 0.3) is 0 Å². The highest BCUT2D eigenvalue weighted by Gasteiger charge is 2.29. The number of para-hydroxylation sites is 1. The summed E-state index contributed by atoms with van der Waals surface area (Å²) in [4.78, 5) is 2.68. The van der Waals surface area contributed by atoms with Crippen molar-refractivity contribution in [2.24, 2.45) is 11.8 Å². The van der Waals surface area contributed by atoms with E-state index in [0.29, 0.717) is 0 Å². The Morgan fingerprint density at radius 2 is 1.79 bits per heavy atom. The number of fused-ring (bicyclic) bond motifs is 1. The molecule has 1 N–H and O–H groups in total. The first-order valence-electron chi connectivity index (χ1n) is 7.79. The summed E-state index contributed by atoms with van der Waals surface area (Å²) in [5, 5.41) is 3.55. The minimum atomic E-state index is 0.736. The van der Waals surface area contributed by atoms with Gasteiger partial charge in [-0.15, -0.1) is 0 Å². The predicted molar refractivity (Wildman–Crippen MR) is 81.5 cm³/mol. The lowest BCUT2D eigenvalue weighted by Crippen LogP contribution is -2.42. The van der Waals surface area contributed by atoms with Crippen molar-refractivity contribution >= 4 is 5.69 Å². The summed E-state index contributed by atoms with van der Waals surface area (Å²) in [6, 6.07) is 9.67. The van der Waals surface area contributed by atoms with Gasteiger partial charge < -0.3 is 10.2 Å². The van der Waals surface area contributed by atoms with Gasteiger partial charge in [0, 0.05) is 31.4 Å². The highest BCUT2D eigenvalue weighted by Crippen LogP contribution is 2.35. The van der Waals surface area contributed by atoms with Gasteiger partial charge in [-0.05, 0) is 42.7 Å². The molecule has 3 rings (SSSR count). The molecule has 2 atom stereocenters. The monoisotopic (exact) mass is 258 g/mol. The van der Waals surface area contributed by atoms with E-state index >= 15 is 0 Å². The van der Waals surface area contributed by atoms with E-state index in [-0.39, 0.29) is 0 Å². The van der Waals surface area contributed by atoms with Crippen molar-refractivity contribution < 1.29 is 0 Å². The fourth-order valence-electron chi connectivity index (χ4n) is 4.02. The first-order valence-corrected chi connectivity index (χ1v) is 7.79. The zero-order valence-electron chi connectivity index (χ0n) is 12.2. The van der Waals surface area contributed by atoms with Crippen LogP contribution in [0.4, 0.5) is 5.69 Å². The first-order chi connectivity index (χ1) is 9.24. The molecule has 0 aromatic heterocycles. The van der Waals surface area contributed by atoms with Crippen LogP contribution in [0.15, 0.2) is 24.3 Å². The van der Waals surface area contributed by atoms with Crippen LogP contribution in [-0.4, -0.2) is 19.1 Å². The Labute approximate surface area is 117 Å². The zero-order chi connectivity index (χ0) is 13.2. The first kappa shape index (κ1) is 13.0. The molecule has 2 heteroatoms. The maximum Gasteiger partial charge on any atom is 0.0414 e. The van der Waals surface area contributed by atoms with Gasteiger partial charge in [0.1, 0.15) is 0 Å². The van der Waals surface area contributed by atoms with E-state index in [1.165, 1.54) is 30.5 Å². The largest absolute Gasteiger partial charge is 0.367 e. The molecule has 1 aromatic carbocycles. The van der Waals surface area contributed by atoms with Crippen molar-refractivity contribution in [2.75, 3.05) is 18.0 Å². The fourth-order valence-corrected chi connectivity index (χ4v) is 4.02. The highest BCUT2D eigenvalue weighted by atomic mass is 15.2. The van der Waals surface area contributed by atoms with Crippen molar-refractivity contribution in [1.82, 2.24) is 5.32 Å². The van der Waals surface area contributed by atoms with Crippen LogP contribution in [0.1, 0.15) is 38.7 Å². The van der Waals surface area contributed by atoms with E-state index in [1.807, 2.05) is 0 Å². The third-order valence-electron chi connectivity index (χ3n) is 4.74. The van der Waals surface area contributed by atoms with Crippen LogP contribution in [0.3, 0.4) is 0 Å². The number of rotatable bonds is 1. The summed E-state index contributed by atoms with van der Waals surface area (Å²) in [6.07, 6.45) is 4.13. The normalized spacial score (nSPS) is 31.7. The predicted octanol–water partition coefficient (Wildman–Crippen LogP) is 3.42. The second-order valence-electron chi connectivity index (χ2n) is 6.57. The Balaban J connectivity index is 1.87. The summed E-state index contributed by atoms with van der Waals surface area (Å²) < 4.78 is 0. The summed E-state index contributed by atoms with van der Waals surface area (Å²) in [5.41, 5.74) is 2.93. The molecule has 1 aromatic rings. The smallest absolute Gasteiger partial charge is 0.0414 e. The minimum Gasteiger partial charge on any atom is -0.367 e. The molecule has 2 unspecified atom stereocenters. The lowest BCUT2D eigenvalue weighted by molar-refractivity contribution is 0.260. The molecule has 1 aliphatic carbocycles. The standard InChI is InChI=1S/C17H26N2/c1-13-9-14(2)11-16(10-13)19-8-7-18-12-15-5-3-4-6-17(15)19/h3-6,13-14,16,18H,7-12H2,1-2H3. The van der Waals surface area contributed by atoms with Crippen LogP contribution in [0.25, 0.3) is 0 Å². The van der Waals surface area contributed by atoms with Gasteiger partial charge in [0.05, 0.1) is 0 Å². The lowest BCUT2D eigenvalue weighted by atomic mass is 9.79. The maximum atomic E-state index is 3.55. The molecule has 104 valence electrons. The number of nitrogens with zero attached hydrogens (tertiary/aromatic N) is 1. The third-order valence-corrected chi connectivity index (χ3v) is 4.74. The second kappa shape index (κ2) is 5.54. The second-order valence-corrected chi connectivity index (χ2v) is 6.57. The number of anilines is 1. The topological polar surface area (TPSA) is 15.3 Å². The fraction of sp³-hybridized carbons (Fsp3) is 0.647. The molecule has 0 radical (unpaired) electrons. The Morgan fingerprint density at radius 1 is 1.05 bits per heavy atom. The molecule has 0 amide bonds. The van der Waals surface area contributed by atoms with Gasteiger partial charge in [0.2, 0.25) is 0 Å². The highest BCUT2D eigenvalue weighted by molar-refractivity contribution is 5.55. The van der Waals surface area contributed by atoms with Crippen molar-refractivity contribution in [3.63, 3.8) is 0 Å². The molecule has 0 bridgehead atoms. The van der Waals surface area contributed by atoms with Gasteiger partial charge >= 0.3 is 0 Å². The van der Waals surface area contributed by atoms with Crippen molar-refractivity contribution in [3.05, 3.63) is 29.8 Å². The van der Waals surface area contributed by atoms with Gasteiger partial charge in [0.15, 0.2) is 0 Å². The summed E-state index contributed by atoms with van der Waals surface area (Å²) >= 11 is 0. The van der Waals surface area contributed by atoms with E-state index in [0.717, 1.165) is 37.5 Å². The number of nitrogens with one attached hydrogen (secondary N) is 1. The van der Waals surface area contributed by atoms with Gasteiger partial charge in [-0.1, -0.05) is 32.0 Å². The summed E-state index contributed by atoms with van der Waals surface area (Å²) in [6.45, 7) is 8.12. The van der Waals surface area contributed by atoms with Crippen LogP contribution >= 0.6 is 0 Å². The Bertz CT molecular complexity index is 419. The molecule has 1 fully saturated rings. The number of hydrogen-bond donors (Lipinski definition) is 1. The van der Waals surface area contributed by atoms with E-state index < -0.39 is 0 Å². The van der Waals surface area contributed by atoms with Gasteiger partial charge in [-0.2, -0.15) is 0 Å². The minimum absolute atomic E-state index is 0.736. The van der Waals surface area contributed by atoms with E-state index in [9.17, 15) is 0 Å². The van der Waals surface area contributed by atoms with E-state index in [4.69, 9.17) is 0 Å². The van der Waals surface area contributed by atoms with Gasteiger partial charge in [-0.3, -0.25) is 0 Å². The third kappa shape index (κ3) is 2.79. The summed E-state index contributed by atoms with van der Waals surface area (Å²) in [7, 11) is 0. The van der Waals surface area contributed by atoms with E-state index in [2.05, 4.69) is 48.3 Å². The number of benzene rings is 1. The molecule has 1 aliphatic heterocycles. The molecule has 19 heavy (non-hydrogen) atoms. The van der Waals surface area contributed by atoms with Crippen molar-refractivity contribution in [1.29, 1.82) is 0 Å². The molecule has 1 saturated carbocycles.